The Morgan fingerprint density at radius 3 is 2.00 bits per heavy atom. The molecule has 2 aliphatic rings. The summed E-state index contributed by atoms with van der Waals surface area (Å²) in [6, 6.07) is -0.706. The van der Waals surface area contributed by atoms with Crippen molar-refractivity contribution in [2.75, 3.05) is 7.11 Å². The minimum atomic E-state index is -0.706. The van der Waals surface area contributed by atoms with E-state index in [4.69, 9.17) is 9.47 Å². The number of nitrogens with one attached hydrogen (secondary N) is 1. The molecular formula is C21H37FeNO4. The number of carbonyl (C=O) groups excluding carboxylic acids is 2. The summed E-state index contributed by atoms with van der Waals surface area (Å²) < 4.78 is 9.88. The number of allylic oxidation sites excluding steroid dienone is 1. The Balaban J connectivity index is 0.000000969. The third-order valence-corrected chi connectivity index (χ3v) is 4.61. The fraction of sp³-hybridized carbons (Fsp3) is 0.810. The number of carbonyl (C=O) groups is 2. The van der Waals surface area contributed by atoms with E-state index < -0.39 is 23.7 Å². The number of hydrogen-bond acceptors (Lipinski definition) is 4. The summed E-state index contributed by atoms with van der Waals surface area (Å²) in [7, 11) is 1.31. The second-order valence-corrected chi connectivity index (χ2v) is 8.20. The molecule has 0 bridgehead atoms. The van der Waals surface area contributed by atoms with Gasteiger partial charge in [0.25, 0.3) is 0 Å². The first-order valence-corrected chi connectivity index (χ1v) is 10.1. The molecule has 0 radical (unpaired) electrons. The van der Waals surface area contributed by atoms with Crippen LogP contribution < -0.4 is 5.32 Å². The van der Waals surface area contributed by atoms with Gasteiger partial charge in [0.15, 0.2) is 0 Å². The molecule has 6 heteroatoms. The number of esters is 1. The molecule has 0 spiro atoms. The van der Waals surface area contributed by atoms with Crippen LogP contribution in [-0.2, 0) is 31.3 Å². The van der Waals surface area contributed by atoms with E-state index in [1.165, 1.54) is 64.9 Å². The Labute approximate surface area is 175 Å². The average Bonchev–Trinajstić information content (AvgIpc) is 3.27. The molecule has 0 unspecified atom stereocenters. The molecule has 27 heavy (non-hydrogen) atoms. The number of amides is 1. The van der Waals surface area contributed by atoms with Crippen LogP contribution in [0.2, 0.25) is 0 Å². The summed E-state index contributed by atoms with van der Waals surface area (Å²) in [4.78, 5) is 23.5. The van der Waals surface area contributed by atoms with Gasteiger partial charge in [0.2, 0.25) is 0 Å². The number of rotatable bonds is 5. The van der Waals surface area contributed by atoms with Crippen molar-refractivity contribution in [3.8, 4) is 0 Å². The third kappa shape index (κ3) is 12.9. The van der Waals surface area contributed by atoms with Gasteiger partial charge in [-0.2, -0.15) is 0 Å². The Kier molecular flexibility index (Phi) is 13.5. The first-order valence-electron chi connectivity index (χ1n) is 10.1. The Morgan fingerprint density at radius 1 is 1.04 bits per heavy atom. The van der Waals surface area contributed by atoms with Crippen LogP contribution >= 0.6 is 0 Å². The number of ether oxygens (including phenoxy) is 2. The second kappa shape index (κ2) is 14.1. The third-order valence-electron chi connectivity index (χ3n) is 4.61. The number of alkyl carbamates (subject to hydrolysis) is 1. The Morgan fingerprint density at radius 2 is 1.56 bits per heavy atom. The average molecular weight is 423 g/mol. The SMILES string of the molecule is C1CCCC1.COC(=O)[C@H](CC=CC1CCCC1)NC(=O)OC(C)(C)C.[Fe]. The van der Waals surface area contributed by atoms with Gasteiger partial charge in [0, 0.05) is 17.1 Å². The smallest absolute Gasteiger partial charge is 0.408 e. The van der Waals surface area contributed by atoms with Crippen LogP contribution in [0, 0.1) is 5.92 Å². The molecule has 1 atom stereocenters. The molecule has 0 aromatic carbocycles. The van der Waals surface area contributed by atoms with E-state index in [0.717, 1.165) is 0 Å². The van der Waals surface area contributed by atoms with Crippen molar-refractivity contribution in [2.45, 2.75) is 96.6 Å². The van der Waals surface area contributed by atoms with Gasteiger partial charge in [-0.25, -0.2) is 9.59 Å². The van der Waals surface area contributed by atoms with E-state index in [-0.39, 0.29) is 17.1 Å². The van der Waals surface area contributed by atoms with Crippen LogP contribution in [0.3, 0.4) is 0 Å². The van der Waals surface area contributed by atoms with Crippen LogP contribution in [-0.4, -0.2) is 30.8 Å². The zero-order chi connectivity index (χ0) is 19.4. The summed E-state index contributed by atoms with van der Waals surface area (Å²) >= 11 is 0. The normalized spacial score (nSPS) is 18.2. The summed E-state index contributed by atoms with van der Waals surface area (Å²) in [6.07, 6.45) is 16.4. The van der Waals surface area contributed by atoms with Crippen molar-refractivity contribution < 1.29 is 36.1 Å². The minimum absolute atomic E-state index is 0. The predicted molar refractivity (Wildman–Crippen MR) is 104 cm³/mol. The van der Waals surface area contributed by atoms with Crippen molar-refractivity contribution >= 4 is 12.1 Å². The molecule has 2 rings (SSSR count). The predicted octanol–water partition coefficient (Wildman–Crippen LogP) is 5.14. The molecule has 0 aromatic heterocycles. The van der Waals surface area contributed by atoms with E-state index >= 15 is 0 Å². The first-order chi connectivity index (χ1) is 12.3. The summed E-state index contributed by atoms with van der Waals surface area (Å²) in [5.41, 5.74) is -0.593. The van der Waals surface area contributed by atoms with Gasteiger partial charge in [-0.1, -0.05) is 57.1 Å². The van der Waals surface area contributed by atoms with Crippen molar-refractivity contribution in [1.29, 1.82) is 0 Å². The van der Waals surface area contributed by atoms with Crippen LogP contribution in [0.5, 0.6) is 0 Å². The molecule has 0 heterocycles. The van der Waals surface area contributed by atoms with E-state index in [9.17, 15) is 9.59 Å². The molecule has 2 aliphatic carbocycles. The quantitative estimate of drug-likeness (QED) is 0.378. The van der Waals surface area contributed by atoms with Gasteiger partial charge >= 0.3 is 12.1 Å². The van der Waals surface area contributed by atoms with E-state index in [2.05, 4.69) is 11.4 Å². The Hall–Kier alpha value is -1.00. The molecule has 0 saturated heterocycles. The first kappa shape index (κ1) is 26.0. The second-order valence-electron chi connectivity index (χ2n) is 8.20. The maximum absolute atomic E-state index is 11.7. The Bertz CT molecular complexity index is 442. The van der Waals surface area contributed by atoms with Gasteiger partial charge in [-0.15, -0.1) is 0 Å². The fourth-order valence-electron chi connectivity index (χ4n) is 3.25. The molecule has 158 valence electrons. The fourth-order valence-corrected chi connectivity index (χ4v) is 3.25. The van der Waals surface area contributed by atoms with Crippen molar-refractivity contribution in [3.05, 3.63) is 12.2 Å². The maximum atomic E-state index is 11.7. The van der Waals surface area contributed by atoms with Crippen LogP contribution in [0.1, 0.15) is 85.0 Å². The van der Waals surface area contributed by atoms with Crippen molar-refractivity contribution in [1.82, 2.24) is 5.32 Å². The van der Waals surface area contributed by atoms with Crippen LogP contribution in [0.4, 0.5) is 4.79 Å². The summed E-state index contributed by atoms with van der Waals surface area (Å²) in [5, 5.41) is 2.56. The topological polar surface area (TPSA) is 64.6 Å². The summed E-state index contributed by atoms with van der Waals surface area (Å²) in [6.45, 7) is 5.33. The molecular weight excluding hydrogens is 386 g/mol. The van der Waals surface area contributed by atoms with E-state index in [1.54, 1.807) is 20.8 Å². The van der Waals surface area contributed by atoms with Crippen molar-refractivity contribution in [3.63, 3.8) is 0 Å². The van der Waals surface area contributed by atoms with E-state index in [0.29, 0.717) is 12.3 Å². The standard InChI is InChI=1S/C16H27NO4.C5H10.Fe/c1-16(2,3)21-15(19)17-13(14(18)20-4)11-7-10-12-8-5-6-9-12;1-2-4-5-3-1;/h7,10,12-13H,5-6,8-9,11H2,1-4H3,(H,17,19);1-5H2;/t13-;;/m0../s1. The molecule has 1 N–H and O–H groups in total. The largest absolute Gasteiger partial charge is 0.467 e. The van der Waals surface area contributed by atoms with E-state index in [1.807, 2.05) is 6.08 Å². The van der Waals surface area contributed by atoms with Gasteiger partial charge in [0.1, 0.15) is 11.6 Å². The maximum Gasteiger partial charge on any atom is 0.408 e. The van der Waals surface area contributed by atoms with Crippen molar-refractivity contribution in [2.24, 2.45) is 5.92 Å². The summed E-state index contributed by atoms with van der Waals surface area (Å²) in [5.74, 6) is 0.141. The van der Waals surface area contributed by atoms with Gasteiger partial charge in [0.05, 0.1) is 7.11 Å². The molecule has 2 saturated carbocycles. The zero-order valence-corrected chi connectivity index (χ0v) is 18.5. The molecule has 0 aromatic rings. The monoisotopic (exact) mass is 423 g/mol. The van der Waals surface area contributed by atoms with Crippen LogP contribution in [0.15, 0.2) is 12.2 Å². The number of hydrogen-bond donors (Lipinski definition) is 1. The zero-order valence-electron chi connectivity index (χ0n) is 17.4. The molecule has 1 amide bonds. The molecule has 2 fully saturated rings. The van der Waals surface area contributed by atoms with Crippen LogP contribution in [0.25, 0.3) is 0 Å². The minimum Gasteiger partial charge on any atom is -0.467 e. The van der Waals surface area contributed by atoms with Gasteiger partial charge in [-0.05, 0) is 46.0 Å². The van der Waals surface area contributed by atoms with Gasteiger partial charge in [-0.3, -0.25) is 0 Å². The number of methoxy groups -OCH3 is 1. The molecule has 5 nitrogen and oxygen atoms in total. The molecule has 0 aliphatic heterocycles. The van der Waals surface area contributed by atoms with Gasteiger partial charge < -0.3 is 14.8 Å².